The Morgan fingerprint density at radius 3 is 2.48 bits per heavy atom. The fourth-order valence-corrected chi connectivity index (χ4v) is 7.35. The predicted molar refractivity (Wildman–Crippen MR) is 189 cm³/mol. The highest BCUT2D eigenvalue weighted by Crippen LogP contribution is 2.39. The van der Waals surface area contributed by atoms with E-state index in [0.29, 0.717) is 36.3 Å². The summed E-state index contributed by atoms with van der Waals surface area (Å²) in [5, 5.41) is 12.5. The van der Waals surface area contributed by atoms with E-state index in [2.05, 4.69) is 14.9 Å². The molecule has 50 heavy (non-hydrogen) atoms. The maximum absolute atomic E-state index is 16.8. The smallest absolute Gasteiger partial charge is 0.410 e. The van der Waals surface area contributed by atoms with Gasteiger partial charge in [0, 0.05) is 38.3 Å². The highest BCUT2D eigenvalue weighted by atomic mass is 19.1. The lowest BCUT2D eigenvalue weighted by Crippen LogP contribution is -2.57. The Labute approximate surface area is 288 Å². The van der Waals surface area contributed by atoms with Crippen LogP contribution in [0.2, 0.25) is 0 Å². The monoisotopic (exact) mass is 675 g/mol. The van der Waals surface area contributed by atoms with E-state index in [4.69, 9.17) is 19.4 Å². The van der Waals surface area contributed by atoms with Gasteiger partial charge in [-0.25, -0.2) is 14.2 Å². The van der Waals surface area contributed by atoms with Crippen molar-refractivity contribution in [3.05, 3.63) is 78.5 Å². The summed E-state index contributed by atoms with van der Waals surface area (Å²) in [4.78, 5) is 35.9. The predicted octanol–water partition coefficient (Wildman–Crippen LogP) is 6.79. The molecule has 2 bridgehead atoms. The number of nitrogens with zero attached hydrogens (tertiary/aromatic N) is 7. The number of hydrogen-bond donors (Lipinski definition) is 1. The van der Waals surface area contributed by atoms with Crippen LogP contribution >= 0.6 is 0 Å². The largest absolute Gasteiger partial charge is 0.508 e. The van der Waals surface area contributed by atoms with E-state index < -0.39 is 11.4 Å². The first kappa shape index (κ1) is 31.7. The minimum atomic E-state index is -0.641. The van der Waals surface area contributed by atoms with Crippen molar-refractivity contribution in [2.45, 2.75) is 57.7 Å². The lowest BCUT2D eigenvalue weighted by molar-refractivity contribution is 0.0122. The minimum absolute atomic E-state index is 0.00711. The molecule has 2 aliphatic rings. The number of aromatic hydroxyl groups is 1. The molecule has 8 rings (SSSR count). The normalized spacial score (nSPS) is 17.6. The van der Waals surface area contributed by atoms with Crippen LogP contribution in [0.1, 0.15) is 39.4 Å². The quantitative estimate of drug-likeness (QED) is 0.204. The average Bonchev–Trinajstić information content (AvgIpc) is 3.55. The molecule has 1 N–H and O–H groups in total. The number of anilines is 1. The van der Waals surface area contributed by atoms with Crippen molar-refractivity contribution in [3.8, 4) is 23.0 Å². The molecule has 6 aromatic rings. The molecule has 2 atom stereocenters. The first-order valence-electron chi connectivity index (χ1n) is 16.9. The molecule has 2 fully saturated rings. The molecule has 5 heterocycles. The second-order valence-corrected chi connectivity index (χ2v) is 14.1. The van der Waals surface area contributed by atoms with E-state index in [9.17, 15) is 9.90 Å². The summed E-state index contributed by atoms with van der Waals surface area (Å²) < 4.78 is 30.7. The number of fused-ring (bicyclic) bond motifs is 5. The second kappa shape index (κ2) is 12.1. The van der Waals surface area contributed by atoms with Crippen molar-refractivity contribution < 1.29 is 23.8 Å². The van der Waals surface area contributed by atoms with Crippen LogP contribution < -0.4 is 9.64 Å². The fourth-order valence-electron chi connectivity index (χ4n) is 7.35. The Hall–Kier alpha value is -5.52. The number of aromatic nitrogens is 5. The molecule has 0 saturated carbocycles. The van der Waals surface area contributed by atoms with E-state index in [-0.39, 0.29) is 47.8 Å². The van der Waals surface area contributed by atoms with Crippen molar-refractivity contribution in [1.29, 1.82) is 0 Å². The lowest BCUT2D eigenvalue weighted by Gasteiger charge is -2.42. The number of hydrogen-bond acceptors (Lipinski definition) is 9. The molecule has 256 valence electrons. The van der Waals surface area contributed by atoms with Crippen molar-refractivity contribution in [1.82, 2.24) is 29.4 Å². The summed E-state index contributed by atoms with van der Waals surface area (Å²) >= 11 is 0. The minimum Gasteiger partial charge on any atom is -0.508 e. The van der Waals surface area contributed by atoms with Gasteiger partial charge in [0.2, 0.25) is 0 Å². The third kappa shape index (κ3) is 5.68. The van der Waals surface area contributed by atoms with Crippen LogP contribution in [-0.2, 0) is 18.2 Å². The van der Waals surface area contributed by atoms with Gasteiger partial charge in [-0.1, -0.05) is 36.4 Å². The SMILES string of the molecule is Cn1c(CCOc2nc(N3C[C@H]4CC[C@@H](C3)N4C(=O)OC(C)(C)C)c3cnc(-c4cc(O)cc5ccccc45)c(F)c3n2)nc2ccccc21. The van der Waals surface area contributed by atoms with Crippen molar-refractivity contribution in [3.63, 3.8) is 0 Å². The van der Waals surface area contributed by atoms with E-state index in [1.54, 1.807) is 12.3 Å². The number of rotatable bonds is 6. The standard InChI is InChI=1S/C38H38FN7O4/c1-38(2,3)50-37(48)46-23-13-14-24(46)21-45(20-23)35-28-19-40-33(27-18-25(47)17-22-9-5-6-10-26(22)27)32(39)34(28)42-36(43-35)49-16-15-31-41-29-11-7-8-12-30(29)44(31)4/h5-12,17-19,23-24,47H,13-16,20-21H2,1-4H3/t23-,24+. The molecule has 2 aliphatic heterocycles. The van der Waals surface area contributed by atoms with Gasteiger partial charge in [-0.05, 0) is 68.7 Å². The van der Waals surface area contributed by atoms with E-state index in [1.807, 2.05) is 85.8 Å². The van der Waals surface area contributed by atoms with Gasteiger partial charge in [-0.2, -0.15) is 9.97 Å². The topological polar surface area (TPSA) is 119 Å². The third-order valence-electron chi connectivity index (χ3n) is 9.57. The number of aryl methyl sites for hydroxylation is 1. The van der Waals surface area contributed by atoms with Crippen molar-refractivity contribution >= 4 is 44.6 Å². The maximum Gasteiger partial charge on any atom is 0.410 e. The van der Waals surface area contributed by atoms with Gasteiger partial charge in [-0.3, -0.25) is 9.88 Å². The van der Waals surface area contributed by atoms with Gasteiger partial charge in [0.05, 0.1) is 35.1 Å². The van der Waals surface area contributed by atoms with Crippen LogP contribution in [-0.4, -0.2) is 78.0 Å². The molecule has 2 saturated heterocycles. The van der Waals surface area contributed by atoms with Crippen LogP contribution in [0.3, 0.4) is 0 Å². The van der Waals surface area contributed by atoms with Gasteiger partial charge < -0.3 is 24.0 Å². The Morgan fingerprint density at radius 1 is 0.980 bits per heavy atom. The molecule has 12 heteroatoms. The number of carbonyl (C=O) groups is 1. The van der Waals surface area contributed by atoms with Crippen LogP contribution in [0.25, 0.3) is 44.0 Å². The molecule has 11 nitrogen and oxygen atoms in total. The van der Waals surface area contributed by atoms with Gasteiger partial charge in [0.1, 0.15) is 34.2 Å². The van der Waals surface area contributed by atoms with E-state index >= 15 is 4.39 Å². The van der Waals surface area contributed by atoms with Gasteiger partial charge in [0.15, 0.2) is 5.82 Å². The number of amides is 1. The van der Waals surface area contributed by atoms with Crippen LogP contribution in [0, 0.1) is 5.82 Å². The summed E-state index contributed by atoms with van der Waals surface area (Å²) in [7, 11) is 1.97. The number of para-hydroxylation sites is 2. The van der Waals surface area contributed by atoms with Crippen LogP contribution in [0.5, 0.6) is 11.8 Å². The molecular weight excluding hydrogens is 637 g/mol. The number of phenols is 1. The molecule has 0 spiro atoms. The van der Waals surface area contributed by atoms with Crippen molar-refractivity contribution in [2.75, 3.05) is 24.6 Å². The number of phenolic OH excluding ortho intramolecular Hbond substituents is 1. The van der Waals surface area contributed by atoms with Gasteiger partial charge in [0.25, 0.3) is 0 Å². The third-order valence-corrected chi connectivity index (χ3v) is 9.57. The Balaban J connectivity index is 1.17. The molecule has 1 amide bonds. The number of halogens is 1. The zero-order chi connectivity index (χ0) is 34.7. The first-order valence-corrected chi connectivity index (χ1v) is 16.9. The highest BCUT2D eigenvalue weighted by molar-refractivity contribution is 6.00. The van der Waals surface area contributed by atoms with Crippen LogP contribution in [0.15, 0.2) is 66.9 Å². The second-order valence-electron chi connectivity index (χ2n) is 14.1. The number of carbonyl (C=O) groups excluding carboxylic acids is 1. The molecule has 0 radical (unpaired) electrons. The molecule has 0 aliphatic carbocycles. The average molecular weight is 676 g/mol. The van der Waals surface area contributed by atoms with E-state index in [1.165, 1.54) is 6.07 Å². The zero-order valence-electron chi connectivity index (χ0n) is 28.4. The number of pyridine rings is 1. The number of piperazine rings is 1. The number of benzene rings is 3. The van der Waals surface area contributed by atoms with E-state index in [0.717, 1.165) is 40.5 Å². The molecular formula is C38H38FN7O4. The van der Waals surface area contributed by atoms with Gasteiger partial charge >= 0.3 is 12.1 Å². The summed E-state index contributed by atoms with van der Waals surface area (Å²) in [6, 6.07) is 18.4. The Bertz CT molecular complexity index is 2270. The fraction of sp³-hybridized carbons (Fsp3) is 0.342. The summed E-state index contributed by atoms with van der Waals surface area (Å²) in [6.45, 7) is 6.79. The van der Waals surface area contributed by atoms with Gasteiger partial charge in [-0.15, -0.1) is 0 Å². The summed E-state index contributed by atoms with van der Waals surface area (Å²) in [5.74, 6) is 0.702. The molecule has 3 aromatic heterocycles. The molecule has 0 unspecified atom stereocenters. The van der Waals surface area contributed by atoms with Crippen molar-refractivity contribution in [2.24, 2.45) is 7.05 Å². The summed E-state index contributed by atoms with van der Waals surface area (Å²) in [5.41, 5.74) is 1.89. The zero-order valence-corrected chi connectivity index (χ0v) is 28.4. The molecule has 3 aromatic carbocycles. The highest BCUT2D eigenvalue weighted by Gasteiger charge is 2.45. The first-order chi connectivity index (χ1) is 24.0. The summed E-state index contributed by atoms with van der Waals surface area (Å²) in [6.07, 6.45) is 3.41. The Kier molecular flexibility index (Phi) is 7.69. The Morgan fingerprint density at radius 2 is 1.72 bits per heavy atom. The lowest BCUT2D eigenvalue weighted by atomic mass is 10.00. The number of imidazole rings is 1. The van der Waals surface area contributed by atoms with Crippen LogP contribution in [0.4, 0.5) is 15.0 Å². The number of ether oxygens (including phenoxy) is 2. The maximum atomic E-state index is 16.8.